The fourth-order valence-corrected chi connectivity index (χ4v) is 2.88. The Balaban J connectivity index is 1.83. The molecule has 0 saturated heterocycles. The lowest BCUT2D eigenvalue weighted by Crippen LogP contribution is -1.99. The Morgan fingerprint density at radius 1 is 0.739 bits per heavy atom. The second kappa shape index (κ2) is 5.61. The third kappa shape index (κ3) is 2.36. The summed E-state index contributed by atoms with van der Waals surface area (Å²) in [4.78, 5) is 4.03. The van der Waals surface area contributed by atoms with E-state index in [1.54, 1.807) is 12.4 Å². The SMILES string of the molecule is C/C(=N/N=C1c2ccccc2-c2ccccc21)c1ccncc1. The van der Waals surface area contributed by atoms with Crippen LogP contribution in [0.3, 0.4) is 0 Å². The molecule has 4 rings (SSSR count). The van der Waals surface area contributed by atoms with Gasteiger partial charge in [0.25, 0.3) is 0 Å². The summed E-state index contributed by atoms with van der Waals surface area (Å²) in [5.41, 5.74) is 7.56. The molecule has 0 saturated carbocycles. The van der Waals surface area contributed by atoms with E-state index in [0.717, 1.165) is 28.1 Å². The lowest BCUT2D eigenvalue weighted by molar-refractivity contribution is 1.22. The van der Waals surface area contributed by atoms with Gasteiger partial charge in [-0.1, -0.05) is 48.5 Å². The van der Waals surface area contributed by atoms with Crippen LogP contribution < -0.4 is 0 Å². The second-order valence-corrected chi connectivity index (χ2v) is 5.46. The number of hydrogen-bond acceptors (Lipinski definition) is 3. The first-order valence-corrected chi connectivity index (χ1v) is 7.56. The van der Waals surface area contributed by atoms with Gasteiger partial charge < -0.3 is 0 Å². The zero-order valence-corrected chi connectivity index (χ0v) is 12.8. The van der Waals surface area contributed by atoms with Gasteiger partial charge in [0, 0.05) is 29.1 Å². The average molecular weight is 297 g/mol. The Hall–Kier alpha value is -3.07. The largest absolute Gasteiger partial charge is 0.265 e. The molecule has 0 aliphatic heterocycles. The molecule has 0 spiro atoms. The number of benzene rings is 2. The van der Waals surface area contributed by atoms with Gasteiger partial charge in [0.05, 0.1) is 5.71 Å². The number of fused-ring (bicyclic) bond motifs is 3. The van der Waals surface area contributed by atoms with Gasteiger partial charge in [0.1, 0.15) is 5.71 Å². The molecule has 3 aromatic rings. The van der Waals surface area contributed by atoms with Crippen LogP contribution in [-0.4, -0.2) is 16.4 Å². The fourth-order valence-electron chi connectivity index (χ4n) is 2.88. The van der Waals surface area contributed by atoms with E-state index < -0.39 is 0 Å². The van der Waals surface area contributed by atoms with Crippen LogP contribution in [0.25, 0.3) is 11.1 Å². The van der Waals surface area contributed by atoms with E-state index in [2.05, 4.69) is 51.6 Å². The maximum atomic E-state index is 4.57. The molecular weight excluding hydrogens is 282 g/mol. The monoisotopic (exact) mass is 297 g/mol. The first-order valence-electron chi connectivity index (χ1n) is 7.56. The highest BCUT2D eigenvalue weighted by molar-refractivity contribution is 6.24. The molecule has 0 radical (unpaired) electrons. The van der Waals surface area contributed by atoms with Crippen molar-refractivity contribution in [2.75, 3.05) is 0 Å². The molecule has 0 N–H and O–H groups in total. The lowest BCUT2D eigenvalue weighted by Gasteiger charge is -2.00. The Kier molecular flexibility index (Phi) is 3.31. The van der Waals surface area contributed by atoms with Crippen molar-refractivity contribution in [1.82, 2.24) is 4.98 Å². The molecular formula is C20H15N3. The number of aromatic nitrogens is 1. The predicted molar refractivity (Wildman–Crippen MR) is 94.0 cm³/mol. The Labute approximate surface area is 135 Å². The molecule has 1 aliphatic rings. The van der Waals surface area contributed by atoms with Gasteiger partial charge in [0.2, 0.25) is 0 Å². The molecule has 0 unspecified atom stereocenters. The van der Waals surface area contributed by atoms with Crippen molar-refractivity contribution in [2.24, 2.45) is 10.2 Å². The molecule has 23 heavy (non-hydrogen) atoms. The summed E-state index contributed by atoms with van der Waals surface area (Å²) in [5, 5.41) is 9.02. The molecule has 3 heteroatoms. The van der Waals surface area contributed by atoms with Gasteiger partial charge >= 0.3 is 0 Å². The van der Waals surface area contributed by atoms with Crippen LogP contribution in [0.15, 0.2) is 83.3 Å². The van der Waals surface area contributed by atoms with Gasteiger partial charge in [-0.25, -0.2) is 0 Å². The van der Waals surface area contributed by atoms with E-state index in [9.17, 15) is 0 Å². The van der Waals surface area contributed by atoms with Crippen molar-refractivity contribution >= 4 is 11.4 Å². The molecule has 0 atom stereocenters. The van der Waals surface area contributed by atoms with Crippen LogP contribution in [0.5, 0.6) is 0 Å². The molecule has 1 aromatic heterocycles. The summed E-state index contributed by atoms with van der Waals surface area (Å²) in [5.74, 6) is 0. The summed E-state index contributed by atoms with van der Waals surface area (Å²) >= 11 is 0. The van der Waals surface area contributed by atoms with Crippen molar-refractivity contribution in [3.05, 3.63) is 89.7 Å². The maximum absolute atomic E-state index is 4.57. The highest BCUT2D eigenvalue weighted by atomic mass is 15.2. The van der Waals surface area contributed by atoms with E-state index in [4.69, 9.17) is 0 Å². The summed E-state index contributed by atoms with van der Waals surface area (Å²) in [6.07, 6.45) is 3.53. The van der Waals surface area contributed by atoms with E-state index in [0.29, 0.717) is 0 Å². The van der Waals surface area contributed by atoms with Gasteiger partial charge in [-0.2, -0.15) is 5.10 Å². The summed E-state index contributed by atoms with van der Waals surface area (Å²) in [6, 6.07) is 20.6. The fraction of sp³-hybridized carbons (Fsp3) is 0.0500. The van der Waals surface area contributed by atoms with E-state index in [-0.39, 0.29) is 0 Å². The Morgan fingerprint density at radius 3 is 1.83 bits per heavy atom. The highest BCUT2D eigenvalue weighted by Gasteiger charge is 2.23. The topological polar surface area (TPSA) is 37.6 Å². The van der Waals surface area contributed by atoms with Crippen molar-refractivity contribution < 1.29 is 0 Å². The maximum Gasteiger partial charge on any atom is 0.101 e. The standard InChI is InChI=1S/C20H15N3/c1-14(15-10-12-21-13-11-15)22-23-20-18-8-4-2-6-16(18)17-7-3-5-9-19(17)20/h2-13H,1H3/b22-14-. The summed E-state index contributed by atoms with van der Waals surface area (Å²) in [6.45, 7) is 1.96. The quantitative estimate of drug-likeness (QED) is 0.401. The van der Waals surface area contributed by atoms with E-state index >= 15 is 0 Å². The predicted octanol–water partition coefficient (Wildman–Crippen LogP) is 4.32. The van der Waals surface area contributed by atoms with Crippen LogP contribution in [-0.2, 0) is 0 Å². The minimum atomic E-state index is 0.877. The van der Waals surface area contributed by atoms with Crippen molar-refractivity contribution in [1.29, 1.82) is 0 Å². The highest BCUT2D eigenvalue weighted by Crippen LogP contribution is 2.36. The molecule has 3 nitrogen and oxygen atoms in total. The average Bonchev–Trinajstić information content (AvgIpc) is 2.94. The molecule has 2 aromatic carbocycles. The van der Waals surface area contributed by atoms with E-state index in [1.165, 1.54) is 11.1 Å². The molecule has 0 bridgehead atoms. The first kappa shape index (κ1) is 13.6. The summed E-state index contributed by atoms with van der Waals surface area (Å²) in [7, 11) is 0. The lowest BCUT2D eigenvalue weighted by atomic mass is 10.1. The number of nitrogens with zero attached hydrogens (tertiary/aromatic N) is 3. The third-order valence-electron chi connectivity index (χ3n) is 4.05. The molecule has 0 fully saturated rings. The van der Waals surface area contributed by atoms with Crippen LogP contribution in [0.1, 0.15) is 23.6 Å². The third-order valence-corrected chi connectivity index (χ3v) is 4.05. The Morgan fingerprint density at radius 2 is 1.26 bits per heavy atom. The minimum Gasteiger partial charge on any atom is -0.265 e. The van der Waals surface area contributed by atoms with E-state index in [1.807, 2.05) is 31.2 Å². The zero-order chi connectivity index (χ0) is 15.6. The minimum absolute atomic E-state index is 0.877. The van der Waals surface area contributed by atoms with Gasteiger partial charge in [-0.05, 0) is 30.2 Å². The molecule has 0 amide bonds. The van der Waals surface area contributed by atoms with Crippen molar-refractivity contribution in [3.8, 4) is 11.1 Å². The summed E-state index contributed by atoms with van der Waals surface area (Å²) < 4.78 is 0. The van der Waals surface area contributed by atoms with Crippen LogP contribution in [0.4, 0.5) is 0 Å². The first-order chi connectivity index (χ1) is 11.3. The number of rotatable bonds is 2. The molecule has 110 valence electrons. The molecule has 1 aliphatic carbocycles. The van der Waals surface area contributed by atoms with Crippen molar-refractivity contribution in [3.63, 3.8) is 0 Å². The van der Waals surface area contributed by atoms with Crippen LogP contribution >= 0.6 is 0 Å². The van der Waals surface area contributed by atoms with Crippen LogP contribution in [0.2, 0.25) is 0 Å². The number of pyridine rings is 1. The Bertz CT molecular complexity index is 877. The van der Waals surface area contributed by atoms with Gasteiger partial charge in [-0.15, -0.1) is 5.10 Å². The van der Waals surface area contributed by atoms with Gasteiger partial charge in [0.15, 0.2) is 0 Å². The smallest absolute Gasteiger partial charge is 0.101 e. The second-order valence-electron chi connectivity index (χ2n) is 5.46. The number of hydrogen-bond donors (Lipinski definition) is 0. The molecule has 1 heterocycles. The van der Waals surface area contributed by atoms with Crippen LogP contribution in [0, 0.1) is 0 Å². The van der Waals surface area contributed by atoms with Crippen molar-refractivity contribution in [2.45, 2.75) is 6.92 Å². The van der Waals surface area contributed by atoms with Gasteiger partial charge in [-0.3, -0.25) is 4.98 Å². The normalized spacial score (nSPS) is 12.7. The zero-order valence-electron chi connectivity index (χ0n) is 12.8.